The number of esters is 2. The standard InChI is InChI=1S/C48H62O9/c1-32(17-13-19-34(3)21-23-38-36(5)29-47(7,8)30-40(38)56-44(53)27-25-42(49)50)15-11-12-16-33(2)18-14-20-35(4)22-24-39-37(6)46(55)41(31-48(39,9)10)57-45(54)28-26-43(51)52/h11-24,29,38,40-41H,25-28,30-31H2,1-10H3,(H,49,50)(H,51,52). The molecule has 0 amide bonds. The van der Waals surface area contributed by atoms with Crippen LogP contribution in [0.2, 0.25) is 0 Å². The maximum Gasteiger partial charge on any atom is 0.307 e. The molecule has 0 spiro atoms. The van der Waals surface area contributed by atoms with Gasteiger partial charge in [-0.1, -0.05) is 147 Å². The molecule has 3 atom stereocenters. The van der Waals surface area contributed by atoms with Crippen LogP contribution in [0.15, 0.2) is 130 Å². The molecule has 9 heteroatoms. The van der Waals surface area contributed by atoms with E-state index in [4.69, 9.17) is 19.7 Å². The number of carbonyl (C=O) groups excluding carboxylic acids is 3. The van der Waals surface area contributed by atoms with Crippen molar-refractivity contribution in [3.63, 3.8) is 0 Å². The molecule has 0 aromatic heterocycles. The lowest BCUT2D eigenvalue weighted by atomic mass is 9.71. The Bertz CT molecular complexity index is 1860. The first kappa shape index (κ1) is 47.8. The Morgan fingerprint density at radius 1 is 0.684 bits per heavy atom. The summed E-state index contributed by atoms with van der Waals surface area (Å²) in [6, 6.07) is 0. The fourth-order valence-electron chi connectivity index (χ4n) is 6.77. The number of rotatable bonds is 18. The molecule has 2 aliphatic carbocycles. The smallest absolute Gasteiger partial charge is 0.307 e. The second-order valence-corrected chi connectivity index (χ2v) is 16.3. The second-order valence-electron chi connectivity index (χ2n) is 16.3. The quantitative estimate of drug-likeness (QED) is 0.0788. The van der Waals surface area contributed by atoms with Gasteiger partial charge in [0.2, 0.25) is 0 Å². The van der Waals surface area contributed by atoms with E-state index in [1.165, 1.54) is 0 Å². The highest BCUT2D eigenvalue weighted by atomic mass is 16.5. The Balaban J connectivity index is 1.97. The number of carboxylic acids is 2. The third-order valence-electron chi connectivity index (χ3n) is 9.75. The van der Waals surface area contributed by atoms with E-state index in [0.29, 0.717) is 18.4 Å². The summed E-state index contributed by atoms with van der Waals surface area (Å²) in [5, 5.41) is 17.7. The zero-order chi connectivity index (χ0) is 42.9. The minimum Gasteiger partial charge on any atom is -0.481 e. The number of allylic oxidation sites excluding steroid dienone is 19. The maximum atomic E-state index is 13.0. The molecule has 0 fully saturated rings. The number of Topliss-reactive ketones (excluding diaryl/α,β-unsaturated/α-hetero) is 1. The average Bonchev–Trinajstić information content (AvgIpc) is 3.09. The van der Waals surface area contributed by atoms with Gasteiger partial charge in [0.25, 0.3) is 0 Å². The number of carbonyl (C=O) groups is 5. The van der Waals surface area contributed by atoms with Gasteiger partial charge in [0.15, 0.2) is 11.9 Å². The van der Waals surface area contributed by atoms with Crippen LogP contribution in [0.1, 0.15) is 108 Å². The number of hydrogen-bond donors (Lipinski definition) is 2. The molecule has 0 aliphatic heterocycles. The van der Waals surface area contributed by atoms with Crippen molar-refractivity contribution in [1.82, 2.24) is 0 Å². The normalized spacial score (nSPS) is 22.3. The summed E-state index contributed by atoms with van der Waals surface area (Å²) in [5.41, 5.74) is 6.16. The maximum absolute atomic E-state index is 13.0. The van der Waals surface area contributed by atoms with Crippen molar-refractivity contribution in [2.24, 2.45) is 16.7 Å². The van der Waals surface area contributed by atoms with Gasteiger partial charge in [-0.2, -0.15) is 0 Å². The fourth-order valence-corrected chi connectivity index (χ4v) is 6.77. The molecule has 2 N–H and O–H groups in total. The summed E-state index contributed by atoms with van der Waals surface area (Å²) in [6.45, 7) is 20.0. The van der Waals surface area contributed by atoms with Crippen LogP contribution in [-0.4, -0.2) is 52.1 Å². The topological polar surface area (TPSA) is 144 Å². The van der Waals surface area contributed by atoms with E-state index in [9.17, 15) is 24.0 Å². The van der Waals surface area contributed by atoms with Gasteiger partial charge in [-0.3, -0.25) is 24.0 Å². The summed E-state index contributed by atoms with van der Waals surface area (Å²) in [5.74, 6) is -3.62. The molecular weight excluding hydrogens is 721 g/mol. The highest BCUT2D eigenvalue weighted by molar-refractivity contribution is 6.01. The Hall–Kier alpha value is -5.31. The van der Waals surface area contributed by atoms with E-state index in [0.717, 1.165) is 33.4 Å². The molecule has 9 nitrogen and oxygen atoms in total. The van der Waals surface area contributed by atoms with Gasteiger partial charge in [-0.05, 0) is 69.9 Å². The minimum absolute atomic E-state index is 0.0827. The van der Waals surface area contributed by atoms with Crippen LogP contribution in [0, 0.1) is 16.7 Å². The average molecular weight is 783 g/mol. The van der Waals surface area contributed by atoms with E-state index in [1.54, 1.807) is 6.92 Å². The molecule has 0 heterocycles. The van der Waals surface area contributed by atoms with Crippen molar-refractivity contribution in [3.05, 3.63) is 130 Å². The van der Waals surface area contributed by atoms with Gasteiger partial charge in [-0.25, -0.2) is 0 Å². The van der Waals surface area contributed by atoms with Gasteiger partial charge >= 0.3 is 23.9 Å². The van der Waals surface area contributed by atoms with Gasteiger partial charge in [0.1, 0.15) is 6.10 Å². The summed E-state index contributed by atoms with van der Waals surface area (Å²) < 4.78 is 11.1. The molecule has 57 heavy (non-hydrogen) atoms. The van der Waals surface area contributed by atoms with Crippen LogP contribution in [-0.2, 0) is 33.4 Å². The lowest BCUT2D eigenvalue weighted by molar-refractivity contribution is -0.157. The van der Waals surface area contributed by atoms with Crippen LogP contribution in [0.4, 0.5) is 0 Å². The highest BCUT2D eigenvalue weighted by Crippen LogP contribution is 2.41. The SMILES string of the molecule is CC(C=CC=C(C)C=CC1=C(C)C(=O)C(OC(=O)CCC(=O)O)CC1(C)C)=CC=CC=C(C)C=CC=C(C)C=CC1C(C)=CC(C)(C)CC1OC(=O)CCC(=O)O. The van der Waals surface area contributed by atoms with E-state index in [2.05, 4.69) is 26.0 Å². The van der Waals surface area contributed by atoms with Gasteiger partial charge in [0.05, 0.1) is 25.7 Å². The number of carboxylic acid groups (broad SMARTS) is 2. The number of aliphatic carboxylic acids is 2. The largest absolute Gasteiger partial charge is 0.481 e. The molecule has 0 saturated heterocycles. The van der Waals surface area contributed by atoms with Crippen molar-refractivity contribution in [1.29, 1.82) is 0 Å². The summed E-state index contributed by atoms with van der Waals surface area (Å²) in [7, 11) is 0. The van der Waals surface area contributed by atoms with E-state index < -0.39 is 35.4 Å². The third kappa shape index (κ3) is 17.6. The van der Waals surface area contributed by atoms with Crippen LogP contribution in [0.3, 0.4) is 0 Å². The first-order valence-corrected chi connectivity index (χ1v) is 19.5. The first-order valence-electron chi connectivity index (χ1n) is 19.5. The Morgan fingerprint density at radius 3 is 1.68 bits per heavy atom. The number of hydrogen-bond acceptors (Lipinski definition) is 7. The van der Waals surface area contributed by atoms with Crippen molar-refractivity contribution >= 4 is 29.7 Å². The van der Waals surface area contributed by atoms with Crippen LogP contribution >= 0.6 is 0 Å². The van der Waals surface area contributed by atoms with Crippen LogP contribution in [0.5, 0.6) is 0 Å². The van der Waals surface area contributed by atoms with E-state index >= 15 is 0 Å². The second kappa shape index (κ2) is 22.4. The van der Waals surface area contributed by atoms with Gasteiger partial charge in [-0.15, -0.1) is 0 Å². The summed E-state index contributed by atoms with van der Waals surface area (Å²) >= 11 is 0. The molecule has 0 saturated carbocycles. The first-order chi connectivity index (χ1) is 26.6. The van der Waals surface area contributed by atoms with Crippen LogP contribution < -0.4 is 0 Å². The molecule has 2 rings (SSSR count). The monoisotopic (exact) mass is 782 g/mol. The number of ether oxygens (including phenoxy) is 2. The molecule has 0 aromatic rings. The molecule has 0 radical (unpaired) electrons. The predicted molar refractivity (Wildman–Crippen MR) is 226 cm³/mol. The van der Waals surface area contributed by atoms with E-state index in [-0.39, 0.29) is 48.9 Å². The molecule has 308 valence electrons. The van der Waals surface area contributed by atoms with Crippen molar-refractivity contribution in [3.8, 4) is 0 Å². The third-order valence-corrected chi connectivity index (χ3v) is 9.75. The highest BCUT2D eigenvalue weighted by Gasteiger charge is 2.40. The van der Waals surface area contributed by atoms with Gasteiger partial charge in [0, 0.05) is 12.3 Å². The van der Waals surface area contributed by atoms with Crippen molar-refractivity contribution in [2.45, 2.75) is 120 Å². The minimum atomic E-state index is -1.09. The van der Waals surface area contributed by atoms with E-state index in [1.807, 2.05) is 127 Å². The Labute approximate surface area is 339 Å². The zero-order valence-electron chi connectivity index (χ0n) is 35.4. The molecule has 0 aromatic carbocycles. The summed E-state index contributed by atoms with van der Waals surface area (Å²) in [4.78, 5) is 59.1. The van der Waals surface area contributed by atoms with Crippen molar-refractivity contribution < 1.29 is 43.7 Å². The summed E-state index contributed by atoms with van der Waals surface area (Å²) in [6.07, 6.45) is 29.0. The predicted octanol–water partition coefficient (Wildman–Crippen LogP) is 10.4. The van der Waals surface area contributed by atoms with Gasteiger partial charge < -0.3 is 19.7 Å². The fraction of sp³-hybridized carbons (Fsp3) is 0.438. The van der Waals surface area contributed by atoms with Crippen molar-refractivity contribution in [2.75, 3.05) is 0 Å². The molecule has 2 aliphatic rings. The zero-order valence-corrected chi connectivity index (χ0v) is 35.4. The molecular formula is C48H62O9. The Kier molecular flexibility index (Phi) is 18.8. The molecule has 0 bridgehead atoms. The lowest BCUT2D eigenvalue weighted by Crippen LogP contribution is -2.39. The van der Waals surface area contributed by atoms with Crippen LogP contribution in [0.25, 0.3) is 0 Å². The Morgan fingerprint density at radius 2 is 1.16 bits per heavy atom. The number of ketones is 1. The molecule has 3 unspecified atom stereocenters. The lowest BCUT2D eigenvalue weighted by Gasteiger charge is -2.37.